The molecule has 0 aromatic carbocycles. The fourth-order valence-electron chi connectivity index (χ4n) is 0.672. The highest BCUT2D eigenvalue weighted by atomic mass is 32.2. The second-order valence-corrected chi connectivity index (χ2v) is 6.52. The van der Waals surface area contributed by atoms with E-state index in [0.29, 0.717) is 6.26 Å². The Balaban J connectivity index is 4.39. The zero-order chi connectivity index (χ0) is 13.7. The summed E-state index contributed by atoms with van der Waals surface area (Å²) < 4.78 is 53.0. The molecule has 0 spiro atoms. The Hall–Kier alpha value is -0.970. The van der Waals surface area contributed by atoms with E-state index in [-0.39, 0.29) is 4.47 Å². The van der Waals surface area contributed by atoms with Gasteiger partial charge in [0.05, 0.1) is 6.26 Å². The van der Waals surface area contributed by atoms with E-state index < -0.39 is 38.5 Å². The number of hydrogen-bond donors (Lipinski definition) is 0. The van der Waals surface area contributed by atoms with Gasteiger partial charge in [0, 0.05) is 13.1 Å². The van der Waals surface area contributed by atoms with Crippen LogP contribution in [0.4, 0.5) is 0 Å². The van der Waals surface area contributed by atoms with Crippen LogP contribution in [0.3, 0.4) is 0 Å². The summed E-state index contributed by atoms with van der Waals surface area (Å²) in [4.78, 5) is 10.6. The number of esters is 1. The Morgan fingerprint density at radius 1 is 1.35 bits per heavy atom. The average molecular weight is 287 g/mol. The van der Waals surface area contributed by atoms with E-state index in [4.69, 9.17) is 0 Å². The number of hydroxylamine groups is 1. The molecule has 0 saturated heterocycles. The summed E-state index contributed by atoms with van der Waals surface area (Å²) in [5.41, 5.74) is 0. The average Bonchev–Trinajstić information content (AvgIpc) is 2.14. The molecule has 0 saturated carbocycles. The third-order valence-corrected chi connectivity index (χ3v) is 3.51. The standard InChI is InChI=1S/C7H13NO7S2/c1-4-7(9)14-5-6-17(12,13)8(2)15-16(3,10)11/h4H,1,5-6H2,2-3H3. The van der Waals surface area contributed by atoms with E-state index in [9.17, 15) is 21.6 Å². The third kappa shape index (κ3) is 7.05. The smallest absolute Gasteiger partial charge is 0.330 e. The maximum atomic E-state index is 11.4. The van der Waals surface area contributed by atoms with Crippen LogP contribution in [0.2, 0.25) is 0 Å². The molecule has 100 valence electrons. The molecule has 0 heterocycles. The van der Waals surface area contributed by atoms with Crippen molar-refractivity contribution in [3.63, 3.8) is 0 Å². The Kier molecular flexibility index (Phi) is 5.75. The number of carbonyl (C=O) groups excluding carboxylic acids is 1. The molecule has 0 bridgehead atoms. The molecule has 0 atom stereocenters. The van der Waals surface area contributed by atoms with Gasteiger partial charge in [-0.1, -0.05) is 11.0 Å². The molecular weight excluding hydrogens is 274 g/mol. The Bertz CT molecular complexity index is 478. The normalized spacial score (nSPS) is 12.4. The van der Waals surface area contributed by atoms with Gasteiger partial charge in [-0.25, -0.2) is 13.2 Å². The van der Waals surface area contributed by atoms with Crippen LogP contribution in [0.1, 0.15) is 0 Å². The van der Waals surface area contributed by atoms with Crippen LogP contribution in [-0.2, 0) is 34.0 Å². The van der Waals surface area contributed by atoms with Crippen molar-refractivity contribution in [2.45, 2.75) is 0 Å². The van der Waals surface area contributed by atoms with Crippen molar-refractivity contribution < 1.29 is 30.7 Å². The Morgan fingerprint density at radius 2 is 1.88 bits per heavy atom. The van der Waals surface area contributed by atoms with Crippen molar-refractivity contribution in [2.75, 3.05) is 25.7 Å². The SMILES string of the molecule is C=CC(=O)OCCS(=O)(=O)N(C)OS(C)(=O)=O. The van der Waals surface area contributed by atoms with Gasteiger partial charge in [0.15, 0.2) is 0 Å². The molecule has 0 N–H and O–H groups in total. The summed E-state index contributed by atoms with van der Waals surface area (Å²) in [6.45, 7) is 2.69. The van der Waals surface area contributed by atoms with Crippen molar-refractivity contribution in [3.05, 3.63) is 12.7 Å². The minimum atomic E-state index is -3.98. The van der Waals surface area contributed by atoms with E-state index in [1.165, 1.54) is 0 Å². The summed E-state index contributed by atoms with van der Waals surface area (Å²) in [6, 6.07) is 0. The van der Waals surface area contributed by atoms with Crippen LogP contribution in [0.5, 0.6) is 0 Å². The van der Waals surface area contributed by atoms with Gasteiger partial charge in [-0.2, -0.15) is 12.7 Å². The quantitative estimate of drug-likeness (QED) is 0.331. The molecule has 0 radical (unpaired) electrons. The van der Waals surface area contributed by atoms with Gasteiger partial charge in [-0.05, 0) is 0 Å². The van der Waals surface area contributed by atoms with Crippen LogP contribution in [0.25, 0.3) is 0 Å². The van der Waals surface area contributed by atoms with Crippen molar-refractivity contribution in [1.29, 1.82) is 0 Å². The number of rotatable bonds is 7. The lowest BCUT2D eigenvalue weighted by atomic mass is 10.6. The van der Waals surface area contributed by atoms with Crippen molar-refractivity contribution in [3.8, 4) is 0 Å². The van der Waals surface area contributed by atoms with Crippen LogP contribution >= 0.6 is 0 Å². The molecule has 0 fully saturated rings. The van der Waals surface area contributed by atoms with Crippen molar-refractivity contribution in [1.82, 2.24) is 4.47 Å². The lowest BCUT2D eigenvalue weighted by molar-refractivity contribution is -0.137. The number of hydrogen-bond acceptors (Lipinski definition) is 7. The first-order chi connectivity index (χ1) is 7.58. The van der Waals surface area contributed by atoms with Gasteiger partial charge < -0.3 is 4.74 Å². The number of ether oxygens (including phenoxy) is 1. The van der Waals surface area contributed by atoms with E-state index in [1.54, 1.807) is 0 Å². The lowest BCUT2D eigenvalue weighted by Crippen LogP contribution is -2.33. The van der Waals surface area contributed by atoms with Crippen LogP contribution in [0.15, 0.2) is 12.7 Å². The molecule has 0 aromatic rings. The van der Waals surface area contributed by atoms with Gasteiger partial charge in [-0.3, -0.25) is 0 Å². The summed E-state index contributed by atoms with van der Waals surface area (Å²) in [5, 5.41) is 0. The topological polar surface area (TPSA) is 107 Å². The molecule has 0 unspecified atom stereocenters. The number of carbonyl (C=O) groups is 1. The van der Waals surface area contributed by atoms with Gasteiger partial charge in [-0.15, -0.1) is 0 Å². The van der Waals surface area contributed by atoms with Crippen molar-refractivity contribution in [2.24, 2.45) is 0 Å². The van der Waals surface area contributed by atoms with E-state index >= 15 is 0 Å². The summed E-state index contributed by atoms with van der Waals surface area (Å²) >= 11 is 0. The lowest BCUT2D eigenvalue weighted by Gasteiger charge is -2.14. The minimum Gasteiger partial charge on any atom is -0.461 e. The molecule has 0 aliphatic carbocycles. The van der Waals surface area contributed by atoms with E-state index in [1.807, 2.05) is 0 Å². The first-order valence-electron chi connectivity index (χ1n) is 4.24. The first kappa shape index (κ1) is 16.0. The largest absolute Gasteiger partial charge is 0.461 e. The van der Waals surface area contributed by atoms with Crippen LogP contribution < -0.4 is 0 Å². The second kappa shape index (κ2) is 6.10. The highest BCUT2D eigenvalue weighted by Crippen LogP contribution is 2.02. The molecule has 10 heteroatoms. The molecular formula is C7H13NO7S2. The molecule has 8 nitrogen and oxygen atoms in total. The van der Waals surface area contributed by atoms with E-state index in [0.717, 1.165) is 13.1 Å². The van der Waals surface area contributed by atoms with E-state index in [2.05, 4.69) is 15.6 Å². The summed E-state index contributed by atoms with van der Waals surface area (Å²) in [5.74, 6) is -1.37. The fraction of sp³-hybridized carbons (Fsp3) is 0.571. The first-order valence-corrected chi connectivity index (χ1v) is 7.66. The Labute approximate surface area is 99.9 Å². The summed E-state index contributed by atoms with van der Waals surface area (Å²) in [6.07, 6.45) is 1.58. The van der Waals surface area contributed by atoms with Crippen molar-refractivity contribution >= 4 is 26.1 Å². The van der Waals surface area contributed by atoms with Gasteiger partial charge in [0.1, 0.15) is 12.4 Å². The molecule has 0 aliphatic heterocycles. The highest BCUT2D eigenvalue weighted by molar-refractivity contribution is 7.90. The van der Waals surface area contributed by atoms with Gasteiger partial charge in [0.25, 0.3) is 10.1 Å². The Morgan fingerprint density at radius 3 is 2.29 bits per heavy atom. The maximum absolute atomic E-state index is 11.4. The zero-order valence-corrected chi connectivity index (χ0v) is 11.0. The zero-order valence-electron chi connectivity index (χ0n) is 9.32. The second-order valence-electron chi connectivity index (χ2n) is 2.88. The number of nitrogens with zero attached hydrogens (tertiary/aromatic N) is 1. The maximum Gasteiger partial charge on any atom is 0.330 e. The van der Waals surface area contributed by atoms with Crippen LogP contribution in [0, 0.1) is 0 Å². The van der Waals surface area contributed by atoms with Gasteiger partial charge >= 0.3 is 5.97 Å². The predicted octanol–water partition coefficient (Wildman–Crippen LogP) is -1.13. The predicted molar refractivity (Wildman–Crippen MR) is 58.6 cm³/mol. The monoisotopic (exact) mass is 287 g/mol. The molecule has 0 aromatic heterocycles. The molecule has 0 rings (SSSR count). The minimum absolute atomic E-state index is 0.198. The van der Waals surface area contributed by atoms with Gasteiger partial charge in [0.2, 0.25) is 10.0 Å². The van der Waals surface area contributed by atoms with Crippen LogP contribution in [-0.4, -0.2) is 52.9 Å². The summed E-state index contributed by atoms with van der Waals surface area (Å²) in [7, 11) is -6.98. The third-order valence-electron chi connectivity index (χ3n) is 1.38. The molecule has 0 aliphatic rings. The molecule has 0 amide bonds. The fourth-order valence-corrected chi connectivity index (χ4v) is 2.31. The molecule has 17 heavy (non-hydrogen) atoms. The highest BCUT2D eigenvalue weighted by Gasteiger charge is 2.22. The number of sulfonamides is 1.